The van der Waals surface area contributed by atoms with Crippen LogP contribution in [0.3, 0.4) is 0 Å². The molecule has 0 bridgehead atoms. The molecule has 1 N–H and O–H groups in total. The SMILES string of the molecule is Cc1ccc(C(c2cc(C)cc(C)c2)N2CCCC(C(=O)O)C2)cc1. The van der Waals surface area contributed by atoms with Crippen molar-refractivity contribution in [3.8, 4) is 0 Å². The molecule has 1 aliphatic rings. The fourth-order valence-electron chi connectivity index (χ4n) is 3.97. The number of aryl methyl sites for hydroxylation is 3. The number of benzene rings is 2. The number of piperidine rings is 1. The molecule has 3 rings (SSSR count). The van der Waals surface area contributed by atoms with Crippen LogP contribution in [0.5, 0.6) is 0 Å². The first-order valence-electron chi connectivity index (χ1n) is 9.05. The Morgan fingerprint density at radius 2 is 1.64 bits per heavy atom. The molecule has 2 aromatic carbocycles. The second-order valence-electron chi connectivity index (χ2n) is 7.41. The Kier molecular flexibility index (Phi) is 5.24. The molecule has 3 nitrogen and oxygen atoms in total. The Bertz CT molecular complexity index is 731. The third-order valence-corrected chi connectivity index (χ3v) is 5.12. The standard InChI is InChI=1S/C22H27NO2/c1-15-6-8-18(9-7-15)21(20-12-16(2)11-17(3)13-20)23-10-4-5-19(14-23)22(24)25/h6-9,11-13,19,21H,4-5,10,14H2,1-3H3,(H,24,25). The van der Waals surface area contributed by atoms with Crippen LogP contribution in [0.4, 0.5) is 0 Å². The third-order valence-electron chi connectivity index (χ3n) is 5.12. The summed E-state index contributed by atoms with van der Waals surface area (Å²) >= 11 is 0. The zero-order chi connectivity index (χ0) is 18.0. The molecule has 1 saturated heterocycles. The number of likely N-dealkylation sites (tertiary alicyclic amines) is 1. The Morgan fingerprint density at radius 1 is 1.00 bits per heavy atom. The van der Waals surface area contributed by atoms with Gasteiger partial charge in [0.2, 0.25) is 0 Å². The van der Waals surface area contributed by atoms with Crippen molar-refractivity contribution in [3.05, 3.63) is 70.3 Å². The van der Waals surface area contributed by atoms with Crippen LogP contribution in [0.25, 0.3) is 0 Å². The maximum atomic E-state index is 11.5. The minimum absolute atomic E-state index is 0.112. The fraction of sp³-hybridized carbons (Fsp3) is 0.409. The maximum Gasteiger partial charge on any atom is 0.307 e. The van der Waals surface area contributed by atoms with E-state index < -0.39 is 5.97 Å². The molecular weight excluding hydrogens is 310 g/mol. The molecule has 2 aromatic rings. The van der Waals surface area contributed by atoms with Crippen molar-refractivity contribution in [2.45, 2.75) is 39.7 Å². The molecule has 25 heavy (non-hydrogen) atoms. The van der Waals surface area contributed by atoms with Gasteiger partial charge in [-0.1, -0.05) is 59.2 Å². The van der Waals surface area contributed by atoms with Crippen LogP contribution in [-0.2, 0) is 4.79 Å². The Hall–Kier alpha value is -2.13. The lowest BCUT2D eigenvalue weighted by Crippen LogP contribution is -2.41. The van der Waals surface area contributed by atoms with Crippen molar-refractivity contribution < 1.29 is 9.90 Å². The topological polar surface area (TPSA) is 40.5 Å². The molecule has 1 fully saturated rings. The third kappa shape index (κ3) is 4.10. The number of nitrogens with zero attached hydrogens (tertiary/aromatic N) is 1. The average Bonchev–Trinajstić information content (AvgIpc) is 2.56. The van der Waals surface area contributed by atoms with Gasteiger partial charge in [-0.25, -0.2) is 0 Å². The van der Waals surface area contributed by atoms with Crippen LogP contribution in [0.15, 0.2) is 42.5 Å². The van der Waals surface area contributed by atoms with Gasteiger partial charge < -0.3 is 5.11 Å². The summed E-state index contributed by atoms with van der Waals surface area (Å²) in [6.07, 6.45) is 1.71. The van der Waals surface area contributed by atoms with Gasteiger partial charge in [0.1, 0.15) is 0 Å². The monoisotopic (exact) mass is 337 g/mol. The number of hydrogen-bond donors (Lipinski definition) is 1. The lowest BCUT2D eigenvalue weighted by molar-refractivity contribution is -0.143. The van der Waals surface area contributed by atoms with Gasteiger partial charge in [0.25, 0.3) is 0 Å². The van der Waals surface area contributed by atoms with Gasteiger partial charge in [0.05, 0.1) is 12.0 Å². The van der Waals surface area contributed by atoms with Crippen molar-refractivity contribution in [1.82, 2.24) is 4.90 Å². The lowest BCUT2D eigenvalue weighted by Gasteiger charge is -2.38. The zero-order valence-corrected chi connectivity index (χ0v) is 15.3. The van der Waals surface area contributed by atoms with Gasteiger partial charge in [-0.15, -0.1) is 0 Å². The second-order valence-corrected chi connectivity index (χ2v) is 7.41. The summed E-state index contributed by atoms with van der Waals surface area (Å²) in [5.41, 5.74) is 6.23. The highest BCUT2D eigenvalue weighted by molar-refractivity contribution is 5.70. The molecule has 0 aliphatic carbocycles. The van der Waals surface area contributed by atoms with Crippen molar-refractivity contribution in [2.24, 2.45) is 5.92 Å². The average molecular weight is 337 g/mol. The maximum absolute atomic E-state index is 11.5. The Morgan fingerprint density at radius 3 is 2.24 bits per heavy atom. The van der Waals surface area contributed by atoms with Crippen molar-refractivity contribution in [1.29, 1.82) is 0 Å². The number of carbonyl (C=O) groups is 1. The minimum atomic E-state index is -0.673. The van der Waals surface area contributed by atoms with Gasteiger partial charge in [0, 0.05) is 6.54 Å². The van der Waals surface area contributed by atoms with Crippen LogP contribution in [0, 0.1) is 26.7 Å². The molecule has 0 spiro atoms. The minimum Gasteiger partial charge on any atom is -0.481 e. The van der Waals surface area contributed by atoms with E-state index in [4.69, 9.17) is 0 Å². The molecule has 1 heterocycles. The first kappa shape index (κ1) is 17.7. The molecule has 0 saturated carbocycles. The van der Waals surface area contributed by atoms with E-state index in [0.29, 0.717) is 6.54 Å². The number of hydrogen-bond acceptors (Lipinski definition) is 2. The van der Waals surface area contributed by atoms with E-state index >= 15 is 0 Å². The Balaban J connectivity index is 2.02. The van der Waals surface area contributed by atoms with Gasteiger partial charge in [-0.2, -0.15) is 0 Å². The molecule has 0 amide bonds. The number of carboxylic acids is 1. The van der Waals surface area contributed by atoms with E-state index in [1.165, 1.54) is 27.8 Å². The van der Waals surface area contributed by atoms with Crippen molar-refractivity contribution >= 4 is 5.97 Å². The molecule has 0 aromatic heterocycles. The number of aliphatic carboxylic acids is 1. The summed E-state index contributed by atoms with van der Waals surface area (Å²) in [5.74, 6) is -0.944. The van der Waals surface area contributed by atoms with E-state index in [1.807, 2.05) is 0 Å². The lowest BCUT2D eigenvalue weighted by atomic mass is 9.90. The number of rotatable bonds is 4. The highest BCUT2D eigenvalue weighted by atomic mass is 16.4. The van der Waals surface area contributed by atoms with E-state index in [2.05, 4.69) is 68.1 Å². The molecule has 1 aliphatic heterocycles. The highest BCUT2D eigenvalue weighted by Crippen LogP contribution is 2.33. The van der Waals surface area contributed by atoms with Crippen LogP contribution in [0.2, 0.25) is 0 Å². The van der Waals surface area contributed by atoms with Gasteiger partial charge in [-0.3, -0.25) is 9.69 Å². The largest absolute Gasteiger partial charge is 0.481 e. The Labute approximate surface area is 150 Å². The van der Waals surface area contributed by atoms with Crippen LogP contribution >= 0.6 is 0 Å². The summed E-state index contributed by atoms with van der Waals surface area (Å²) in [6.45, 7) is 7.89. The van der Waals surface area contributed by atoms with Gasteiger partial charge >= 0.3 is 5.97 Å². The summed E-state index contributed by atoms with van der Waals surface area (Å²) in [6, 6.07) is 15.4. The molecule has 2 atom stereocenters. The quantitative estimate of drug-likeness (QED) is 0.893. The summed E-state index contributed by atoms with van der Waals surface area (Å²) in [7, 11) is 0. The molecule has 0 radical (unpaired) electrons. The first-order valence-corrected chi connectivity index (χ1v) is 9.05. The molecule has 2 unspecified atom stereocenters. The summed E-state index contributed by atoms with van der Waals surface area (Å²) in [4.78, 5) is 13.9. The summed E-state index contributed by atoms with van der Waals surface area (Å²) in [5, 5.41) is 9.48. The van der Waals surface area contributed by atoms with Gasteiger partial charge in [0.15, 0.2) is 0 Å². The molecule has 132 valence electrons. The van der Waals surface area contributed by atoms with Crippen LogP contribution < -0.4 is 0 Å². The van der Waals surface area contributed by atoms with E-state index in [-0.39, 0.29) is 12.0 Å². The molecule has 3 heteroatoms. The predicted molar refractivity (Wildman–Crippen MR) is 101 cm³/mol. The van der Waals surface area contributed by atoms with Crippen molar-refractivity contribution in [2.75, 3.05) is 13.1 Å². The molecular formula is C22H27NO2. The predicted octanol–water partition coefficient (Wildman–Crippen LogP) is 4.50. The van der Waals surface area contributed by atoms with Crippen molar-refractivity contribution in [3.63, 3.8) is 0 Å². The van der Waals surface area contributed by atoms with E-state index in [0.717, 1.165) is 19.4 Å². The number of carboxylic acid groups (broad SMARTS) is 1. The van der Waals surface area contributed by atoms with Crippen LogP contribution in [-0.4, -0.2) is 29.1 Å². The smallest absolute Gasteiger partial charge is 0.307 e. The normalized spacial score (nSPS) is 19.6. The van der Waals surface area contributed by atoms with E-state index in [9.17, 15) is 9.90 Å². The highest BCUT2D eigenvalue weighted by Gasteiger charge is 2.31. The fourth-order valence-corrected chi connectivity index (χ4v) is 3.97. The van der Waals surface area contributed by atoms with Crippen LogP contribution in [0.1, 0.15) is 46.7 Å². The first-order chi connectivity index (χ1) is 11.9. The summed E-state index contributed by atoms with van der Waals surface area (Å²) < 4.78 is 0. The van der Waals surface area contributed by atoms with Gasteiger partial charge in [-0.05, 0) is 51.3 Å². The van der Waals surface area contributed by atoms with E-state index in [1.54, 1.807) is 0 Å². The zero-order valence-electron chi connectivity index (χ0n) is 15.3. The second kappa shape index (κ2) is 7.40.